The number of aromatic nitrogens is 3. The molecule has 0 saturated carbocycles. The second kappa shape index (κ2) is 11.5. The number of nitrogens with two attached hydrogens (primary N) is 1. The molecule has 2 fully saturated rings. The number of nitrogen functional groups attached to an aromatic ring is 1. The Morgan fingerprint density at radius 1 is 1.24 bits per heavy atom. The van der Waals surface area contributed by atoms with Crippen LogP contribution in [0.5, 0.6) is 5.75 Å². The summed E-state index contributed by atoms with van der Waals surface area (Å²) in [5.74, 6) is 0.794. The molecule has 0 spiro atoms. The van der Waals surface area contributed by atoms with Crippen molar-refractivity contribution < 1.29 is 14.3 Å². The average Bonchev–Trinajstić information content (AvgIpc) is 3.73. The number of hydrogen-bond acceptors (Lipinski definition) is 9. The highest BCUT2D eigenvalue weighted by atomic mass is 35.5. The summed E-state index contributed by atoms with van der Waals surface area (Å²) in [6.45, 7) is 5.69. The van der Waals surface area contributed by atoms with Crippen LogP contribution in [-0.2, 0) is 4.79 Å². The van der Waals surface area contributed by atoms with E-state index in [-0.39, 0.29) is 17.9 Å². The van der Waals surface area contributed by atoms with Crippen molar-refractivity contribution >= 4 is 57.3 Å². The number of thiophene rings is 1. The summed E-state index contributed by atoms with van der Waals surface area (Å²) < 4.78 is 8.45. The van der Waals surface area contributed by atoms with Crippen molar-refractivity contribution in [3.63, 3.8) is 0 Å². The molecule has 2 saturated heterocycles. The van der Waals surface area contributed by atoms with Gasteiger partial charge in [0.1, 0.15) is 29.1 Å². The van der Waals surface area contributed by atoms with Crippen molar-refractivity contribution in [3.05, 3.63) is 39.4 Å². The lowest BCUT2D eigenvalue weighted by atomic mass is 10.0. The Hall–Kier alpha value is -3.35. The van der Waals surface area contributed by atoms with Gasteiger partial charge in [0.25, 0.3) is 5.91 Å². The highest BCUT2D eigenvalue weighted by Crippen LogP contribution is 2.36. The molecule has 6 rings (SSSR count). The molecule has 0 aromatic carbocycles. The molecular formula is C28H35ClN8O3S. The van der Waals surface area contributed by atoms with E-state index in [0.717, 1.165) is 61.2 Å². The number of nitrogens with one attached hydrogen (secondary N) is 1. The number of rotatable bonds is 7. The van der Waals surface area contributed by atoms with E-state index in [4.69, 9.17) is 22.1 Å². The first-order valence-electron chi connectivity index (χ1n) is 14.0. The highest BCUT2D eigenvalue weighted by Gasteiger charge is 2.30. The Bertz CT molecular complexity index is 1500. The first-order chi connectivity index (χ1) is 19.8. The van der Waals surface area contributed by atoms with Gasteiger partial charge >= 0.3 is 0 Å². The predicted octanol–water partition coefficient (Wildman–Crippen LogP) is 3.14. The summed E-state index contributed by atoms with van der Waals surface area (Å²) in [5.41, 5.74) is 9.93. The predicted molar refractivity (Wildman–Crippen MR) is 161 cm³/mol. The van der Waals surface area contributed by atoms with Gasteiger partial charge in [0.05, 0.1) is 15.7 Å². The molecule has 3 aromatic rings. The molecule has 13 heteroatoms. The molecule has 3 aliphatic heterocycles. The maximum Gasteiger partial charge on any atom is 0.265 e. The van der Waals surface area contributed by atoms with Crippen LogP contribution in [-0.4, -0.2) is 94.7 Å². The highest BCUT2D eigenvalue weighted by molar-refractivity contribution is 7.18. The molecule has 3 N–H and O–H groups in total. The molecule has 11 nitrogen and oxygen atoms in total. The number of carbonyl (C=O) groups excluding carboxylic acids is 2. The van der Waals surface area contributed by atoms with E-state index in [1.165, 1.54) is 17.7 Å². The lowest BCUT2D eigenvalue weighted by molar-refractivity contribution is -0.127. The largest absolute Gasteiger partial charge is 0.490 e. The zero-order chi connectivity index (χ0) is 28.7. The van der Waals surface area contributed by atoms with E-state index in [1.54, 1.807) is 17.9 Å². The molecule has 2 amide bonds. The summed E-state index contributed by atoms with van der Waals surface area (Å²) in [4.78, 5) is 36.4. The number of piperidine rings is 1. The van der Waals surface area contributed by atoms with Crippen LogP contribution in [0.25, 0.3) is 11.1 Å². The van der Waals surface area contributed by atoms with E-state index in [2.05, 4.69) is 44.4 Å². The molecule has 41 heavy (non-hydrogen) atoms. The first-order valence-corrected chi connectivity index (χ1v) is 15.2. The summed E-state index contributed by atoms with van der Waals surface area (Å²) >= 11 is 7.57. The normalized spacial score (nSPS) is 21.5. The third-order valence-electron chi connectivity index (χ3n) is 8.33. The van der Waals surface area contributed by atoms with Crippen LogP contribution in [0.3, 0.4) is 0 Å². The molecule has 3 aromatic heterocycles. The number of ether oxygens (including phenoxy) is 1. The topological polar surface area (TPSA) is 121 Å². The molecule has 0 radical (unpaired) electrons. The standard InChI is InChI=1S/C28H35ClN8O3S/c1-17(38)35-10-7-18(13-35)21-11-22(25-27(30)31-16-32-37(21)25)36-9-3-5-19(14-36)33-28(39)26-23(12-24(29)41-26)40-15-20-6-4-8-34(20)2/h7,11-12,16,19-20H,3-6,8-10,13-15H2,1-2H3,(H,33,39)(H2,30,31,32)/t19-,20?/m1/s1. The van der Waals surface area contributed by atoms with Gasteiger partial charge in [-0.25, -0.2) is 9.50 Å². The number of fused-ring (bicyclic) bond motifs is 1. The number of amides is 2. The van der Waals surface area contributed by atoms with Gasteiger partial charge < -0.3 is 30.5 Å². The lowest BCUT2D eigenvalue weighted by Crippen LogP contribution is -2.47. The number of likely N-dealkylation sites (N-methyl/N-ethyl adjacent to an activating group) is 1. The Labute approximate surface area is 247 Å². The molecule has 218 valence electrons. The SMILES string of the molecule is CC(=O)N1CC=C(c2cc(N3CCC[C@@H](NC(=O)c4sc(Cl)cc4OCC4CCCN4C)C3)c3c(N)ncnn23)C1. The van der Waals surface area contributed by atoms with Crippen LogP contribution in [0.15, 0.2) is 24.5 Å². The van der Waals surface area contributed by atoms with Crippen LogP contribution in [0, 0.1) is 0 Å². The summed E-state index contributed by atoms with van der Waals surface area (Å²) in [5, 5.41) is 7.72. The maximum atomic E-state index is 13.4. The van der Waals surface area contributed by atoms with Gasteiger partial charge in [0.2, 0.25) is 5.91 Å². The van der Waals surface area contributed by atoms with Gasteiger partial charge in [-0.05, 0) is 50.9 Å². The van der Waals surface area contributed by atoms with Gasteiger partial charge in [-0.15, -0.1) is 11.3 Å². The molecule has 6 heterocycles. The number of halogens is 1. The van der Waals surface area contributed by atoms with E-state index < -0.39 is 0 Å². The molecular weight excluding hydrogens is 564 g/mol. The second-order valence-corrected chi connectivity index (χ2v) is 12.7. The van der Waals surface area contributed by atoms with Crippen molar-refractivity contribution in [3.8, 4) is 5.75 Å². The number of likely N-dealkylation sites (tertiary alicyclic amines) is 1. The van der Waals surface area contributed by atoms with E-state index >= 15 is 0 Å². The third-order valence-corrected chi connectivity index (χ3v) is 9.57. The molecule has 1 unspecified atom stereocenters. The third kappa shape index (κ3) is 5.60. The van der Waals surface area contributed by atoms with Gasteiger partial charge in [0, 0.05) is 51.3 Å². The fourth-order valence-corrected chi connectivity index (χ4v) is 7.11. The van der Waals surface area contributed by atoms with E-state index in [9.17, 15) is 9.59 Å². The van der Waals surface area contributed by atoms with Gasteiger partial charge in [-0.2, -0.15) is 5.10 Å². The van der Waals surface area contributed by atoms with Crippen LogP contribution < -0.4 is 20.7 Å². The summed E-state index contributed by atoms with van der Waals surface area (Å²) in [6, 6.07) is 4.09. The van der Waals surface area contributed by atoms with Crippen molar-refractivity contribution in [1.29, 1.82) is 0 Å². The number of anilines is 2. The van der Waals surface area contributed by atoms with Crippen LogP contribution in [0.4, 0.5) is 11.5 Å². The van der Waals surface area contributed by atoms with Crippen LogP contribution in [0.1, 0.15) is 48.0 Å². The van der Waals surface area contributed by atoms with E-state index in [1.807, 2.05) is 4.52 Å². The maximum absolute atomic E-state index is 13.4. The smallest absolute Gasteiger partial charge is 0.265 e. The Morgan fingerprint density at radius 2 is 2.07 bits per heavy atom. The average molecular weight is 599 g/mol. The first kappa shape index (κ1) is 27.8. The van der Waals surface area contributed by atoms with Crippen molar-refractivity contribution in [2.45, 2.75) is 44.7 Å². The minimum absolute atomic E-state index is 0.0348. The summed E-state index contributed by atoms with van der Waals surface area (Å²) in [6.07, 6.45) is 7.50. The van der Waals surface area contributed by atoms with Crippen LogP contribution >= 0.6 is 22.9 Å². The molecule has 3 aliphatic rings. The Morgan fingerprint density at radius 3 is 2.83 bits per heavy atom. The Balaban J connectivity index is 1.19. The molecule has 0 bridgehead atoms. The molecule has 2 atom stereocenters. The monoisotopic (exact) mass is 598 g/mol. The van der Waals surface area contributed by atoms with Crippen molar-refractivity contribution in [2.24, 2.45) is 0 Å². The lowest BCUT2D eigenvalue weighted by Gasteiger charge is -2.34. The number of hydrogen-bond donors (Lipinski definition) is 2. The molecule has 0 aliphatic carbocycles. The Kier molecular flexibility index (Phi) is 7.80. The zero-order valence-electron chi connectivity index (χ0n) is 23.3. The quantitative estimate of drug-likeness (QED) is 0.425. The summed E-state index contributed by atoms with van der Waals surface area (Å²) in [7, 11) is 2.10. The van der Waals surface area contributed by atoms with Gasteiger partial charge in [-0.1, -0.05) is 17.7 Å². The fraction of sp³-hybridized carbons (Fsp3) is 0.500. The second-order valence-electron chi connectivity index (χ2n) is 11.0. The number of carbonyl (C=O) groups is 2. The minimum Gasteiger partial charge on any atom is -0.490 e. The van der Waals surface area contributed by atoms with E-state index in [0.29, 0.717) is 53.1 Å². The van der Waals surface area contributed by atoms with Gasteiger partial charge in [-0.3, -0.25) is 9.59 Å². The van der Waals surface area contributed by atoms with Crippen LogP contribution in [0.2, 0.25) is 4.34 Å². The minimum atomic E-state index is -0.172. The fourth-order valence-electron chi connectivity index (χ4n) is 6.05. The van der Waals surface area contributed by atoms with Gasteiger partial charge in [0.15, 0.2) is 5.82 Å². The van der Waals surface area contributed by atoms with Crippen molar-refractivity contribution in [2.75, 3.05) is 57.0 Å². The zero-order valence-corrected chi connectivity index (χ0v) is 24.9. The number of nitrogens with zero attached hydrogens (tertiary/aromatic N) is 6. The van der Waals surface area contributed by atoms with Crippen molar-refractivity contribution in [1.82, 2.24) is 29.7 Å².